The van der Waals surface area contributed by atoms with Gasteiger partial charge in [0.2, 0.25) is 0 Å². The van der Waals surface area contributed by atoms with Crippen LogP contribution in [0.5, 0.6) is 0 Å². The normalized spacial score (nSPS) is 12.1. The van der Waals surface area contributed by atoms with Gasteiger partial charge in [-0.3, -0.25) is 0 Å². The molecule has 0 N–H and O–H groups in total. The highest BCUT2D eigenvalue weighted by molar-refractivity contribution is 7.80. The number of nitrogens with zero attached hydrogens (tertiary/aromatic N) is 1. The highest BCUT2D eigenvalue weighted by Crippen LogP contribution is 2.21. The van der Waals surface area contributed by atoms with E-state index >= 15 is 0 Å². The second-order valence-corrected chi connectivity index (χ2v) is 3.15. The van der Waals surface area contributed by atoms with Crippen LogP contribution in [0.3, 0.4) is 0 Å². The Morgan fingerprint density at radius 2 is 2.09 bits per heavy atom. The van der Waals surface area contributed by atoms with Gasteiger partial charge in [-0.1, -0.05) is 18.2 Å². The summed E-state index contributed by atoms with van der Waals surface area (Å²) >= 11 is 4.26. The van der Waals surface area contributed by atoms with E-state index in [-0.39, 0.29) is 5.25 Å². The van der Waals surface area contributed by atoms with Gasteiger partial charge in [0.05, 0.1) is 11.6 Å². The lowest BCUT2D eigenvalue weighted by molar-refractivity contribution is 1.10. The number of hydrogen-bond acceptors (Lipinski definition) is 2. The molecule has 11 heavy (non-hydrogen) atoms. The molecular formula is C9H9NS. The minimum atomic E-state index is 0.130. The lowest BCUT2D eigenvalue weighted by atomic mass is 10.1. The number of benzene rings is 1. The molecular weight excluding hydrogens is 154 g/mol. The quantitative estimate of drug-likeness (QED) is 0.632. The van der Waals surface area contributed by atoms with Crippen molar-refractivity contribution in [1.82, 2.24) is 0 Å². The summed E-state index contributed by atoms with van der Waals surface area (Å²) < 4.78 is 0. The predicted molar refractivity (Wildman–Crippen MR) is 48.6 cm³/mol. The molecule has 1 atom stereocenters. The maximum atomic E-state index is 8.68. The van der Waals surface area contributed by atoms with Gasteiger partial charge in [-0.15, -0.1) is 0 Å². The molecule has 56 valence electrons. The summed E-state index contributed by atoms with van der Waals surface area (Å²) in [5.74, 6) is 0. The van der Waals surface area contributed by atoms with Gasteiger partial charge in [0.1, 0.15) is 0 Å². The van der Waals surface area contributed by atoms with Crippen molar-refractivity contribution in [3.63, 3.8) is 0 Å². The Morgan fingerprint density at radius 1 is 1.45 bits per heavy atom. The zero-order valence-corrected chi connectivity index (χ0v) is 7.18. The molecule has 0 aromatic heterocycles. The Kier molecular flexibility index (Phi) is 2.56. The zero-order chi connectivity index (χ0) is 8.27. The standard InChI is InChI=1S/C9H9NS/c1-7(11)9-5-3-2-4-8(9)6-10/h2-5,7,11H,1H3. The van der Waals surface area contributed by atoms with E-state index in [0.717, 1.165) is 11.1 Å². The summed E-state index contributed by atoms with van der Waals surface area (Å²) in [4.78, 5) is 0. The van der Waals surface area contributed by atoms with Crippen LogP contribution >= 0.6 is 12.6 Å². The third-order valence-corrected chi connectivity index (χ3v) is 1.81. The molecule has 0 spiro atoms. The topological polar surface area (TPSA) is 23.8 Å². The molecule has 0 saturated carbocycles. The smallest absolute Gasteiger partial charge is 0.0994 e. The van der Waals surface area contributed by atoms with Gasteiger partial charge in [0.15, 0.2) is 0 Å². The first-order valence-electron chi connectivity index (χ1n) is 3.43. The van der Waals surface area contributed by atoms with Crippen LogP contribution in [-0.2, 0) is 0 Å². The van der Waals surface area contributed by atoms with Crippen molar-refractivity contribution in [3.05, 3.63) is 35.4 Å². The Morgan fingerprint density at radius 3 is 2.55 bits per heavy atom. The fourth-order valence-electron chi connectivity index (χ4n) is 0.963. The maximum absolute atomic E-state index is 8.68. The molecule has 1 aromatic rings. The van der Waals surface area contributed by atoms with E-state index in [9.17, 15) is 0 Å². The summed E-state index contributed by atoms with van der Waals surface area (Å²) in [7, 11) is 0. The second-order valence-electron chi connectivity index (χ2n) is 2.38. The average Bonchev–Trinajstić information content (AvgIpc) is 2.04. The van der Waals surface area contributed by atoms with Crippen LogP contribution in [0, 0.1) is 11.3 Å². The van der Waals surface area contributed by atoms with Crippen LogP contribution < -0.4 is 0 Å². The van der Waals surface area contributed by atoms with Crippen LogP contribution in [0.15, 0.2) is 24.3 Å². The fraction of sp³-hybridized carbons (Fsp3) is 0.222. The van der Waals surface area contributed by atoms with Gasteiger partial charge in [0, 0.05) is 5.25 Å². The Bertz CT molecular complexity index is 286. The van der Waals surface area contributed by atoms with E-state index in [2.05, 4.69) is 18.7 Å². The van der Waals surface area contributed by atoms with Crippen molar-refractivity contribution in [2.45, 2.75) is 12.2 Å². The average molecular weight is 163 g/mol. The van der Waals surface area contributed by atoms with Crippen molar-refractivity contribution in [2.24, 2.45) is 0 Å². The molecule has 0 saturated heterocycles. The molecule has 0 amide bonds. The lowest BCUT2D eigenvalue weighted by Crippen LogP contribution is -1.88. The second kappa shape index (κ2) is 3.45. The van der Waals surface area contributed by atoms with E-state index in [1.54, 1.807) is 0 Å². The lowest BCUT2D eigenvalue weighted by Gasteiger charge is -2.04. The van der Waals surface area contributed by atoms with Crippen LogP contribution in [0.1, 0.15) is 23.3 Å². The summed E-state index contributed by atoms with van der Waals surface area (Å²) in [6, 6.07) is 9.64. The molecule has 1 aromatic carbocycles. The van der Waals surface area contributed by atoms with Crippen molar-refractivity contribution < 1.29 is 0 Å². The fourth-order valence-corrected chi connectivity index (χ4v) is 1.19. The molecule has 1 unspecified atom stereocenters. The molecule has 0 fully saturated rings. The van der Waals surface area contributed by atoms with Crippen molar-refractivity contribution in [1.29, 1.82) is 5.26 Å². The third-order valence-electron chi connectivity index (χ3n) is 1.53. The van der Waals surface area contributed by atoms with Crippen LogP contribution in [-0.4, -0.2) is 0 Å². The van der Waals surface area contributed by atoms with Gasteiger partial charge in [-0.2, -0.15) is 17.9 Å². The van der Waals surface area contributed by atoms with E-state index in [0.29, 0.717) is 0 Å². The van der Waals surface area contributed by atoms with Crippen molar-refractivity contribution in [2.75, 3.05) is 0 Å². The Hall–Kier alpha value is -0.940. The molecule has 0 aliphatic carbocycles. The van der Waals surface area contributed by atoms with E-state index in [4.69, 9.17) is 5.26 Å². The first-order chi connectivity index (χ1) is 5.25. The Labute approximate surface area is 72.1 Å². The summed E-state index contributed by atoms with van der Waals surface area (Å²) in [5, 5.41) is 8.81. The predicted octanol–water partition coefficient (Wildman–Crippen LogP) is 2.55. The maximum Gasteiger partial charge on any atom is 0.0994 e. The first-order valence-corrected chi connectivity index (χ1v) is 3.94. The molecule has 1 rings (SSSR count). The van der Waals surface area contributed by atoms with Gasteiger partial charge in [0.25, 0.3) is 0 Å². The molecule has 0 heterocycles. The van der Waals surface area contributed by atoms with Gasteiger partial charge in [-0.05, 0) is 18.6 Å². The Balaban J connectivity index is 3.15. The molecule has 2 heteroatoms. The SMILES string of the molecule is CC(S)c1ccccc1C#N. The van der Waals surface area contributed by atoms with E-state index < -0.39 is 0 Å². The van der Waals surface area contributed by atoms with Gasteiger partial charge in [-0.25, -0.2) is 0 Å². The molecule has 0 aliphatic rings. The largest absolute Gasteiger partial charge is 0.192 e. The zero-order valence-electron chi connectivity index (χ0n) is 6.28. The summed E-state index contributed by atoms with van der Waals surface area (Å²) in [6.45, 7) is 1.96. The number of hydrogen-bond donors (Lipinski definition) is 1. The molecule has 0 aliphatic heterocycles. The molecule has 1 nitrogen and oxygen atoms in total. The van der Waals surface area contributed by atoms with Crippen LogP contribution in [0.25, 0.3) is 0 Å². The highest BCUT2D eigenvalue weighted by Gasteiger charge is 2.03. The van der Waals surface area contributed by atoms with Crippen LogP contribution in [0.4, 0.5) is 0 Å². The molecule has 0 bridgehead atoms. The van der Waals surface area contributed by atoms with Gasteiger partial charge < -0.3 is 0 Å². The van der Waals surface area contributed by atoms with E-state index in [1.807, 2.05) is 31.2 Å². The minimum Gasteiger partial charge on any atom is -0.192 e. The van der Waals surface area contributed by atoms with Gasteiger partial charge >= 0.3 is 0 Å². The monoisotopic (exact) mass is 163 g/mol. The summed E-state index contributed by atoms with van der Waals surface area (Å²) in [6.07, 6.45) is 0. The highest BCUT2D eigenvalue weighted by atomic mass is 32.1. The van der Waals surface area contributed by atoms with Crippen LogP contribution in [0.2, 0.25) is 0 Å². The first kappa shape index (κ1) is 8.16. The van der Waals surface area contributed by atoms with E-state index in [1.165, 1.54) is 0 Å². The van der Waals surface area contributed by atoms with Crippen molar-refractivity contribution >= 4 is 12.6 Å². The number of thiol groups is 1. The molecule has 0 radical (unpaired) electrons. The third kappa shape index (κ3) is 1.75. The van der Waals surface area contributed by atoms with Crippen molar-refractivity contribution in [3.8, 4) is 6.07 Å². The summed E-state index contributed by atoms with van der Waals surface area (Å²) in [5.41, 5.74) is 1.72. The number of nitriles is 1. The number of rotatable bonds is 1. The minimum absolute atomic E-state index is 0.130.